The number of carbonyl (C=O) groups excluding carboxylic acids is 1. The molecule has 1 aliphatic rings. The van der Waals surface area contributed by atoms with Crippen LogP contribution in [0.3, 0.4) is 0 Å². The molecule has 0 atom stereocenters. The highest BCUT2D eigenvalue weighted by Gasteiger charge is 2.31. The Labute approximate surface area is 137 Å². The molecule has 22 heavy (non-hydrogen) atoms. The molecule has 1 amide bonds. The van der Waals surface area contributed by atoms with Crippen LogP contribution in [0.25, 0.3) is 6.08 Å². The number of hydrogen-bond acceptors (Lipinski definition) is 5. The van der Waals surface area contributed by atoms with E-state index in [1.165, 1.54) is 16.7 Å². The van der Waals surface area contributed by atoms with Crippen LogP contribution in [0.1, 0.15) is 18.4 Å². The Balaban J connectivity index is 2.13. The molecule has 1 heterocycles. The fourth-order valence-corrected chi connectivity index (χ4v) is 3.31. The number of nitrogens with zero attached hydrogens (tertiary/aromatic N) is 1. The van der Waals surface area contributed by atoms with Crippen molar-refractivity contribution < 1.29 is 19.4 Å². The Kier molecular flexibility index (Phi) is 5.57. The van der Waals surface area contributed by atoms with Crippen LogP contribution in [0.15, 0.2) is 29.2 Å². The van der Waals surface area contributed by atoms with Crippen LogP contribution in [0.4, 0.5) is 0 Å². The second-order valence-corrected chi connectivity index (χ2v) is 6.25. The van der Waals surface area contributed by atoms with E-state index in [9.17, 15) is 9.59 Å². The minimum atomic E-state index is -0.880. The number of carboxylic acid groups (broad SMARTS) is 1. The number of rotatable bonds is 6. The van der Waals surface area contributed by atoms with Gasteiger partial charge in [0, 0.05) is 18.5 Å². The third kappa shape index (κ3) is 3.86. The smallest absolute Gasteiger partial charge is 0.303 e. The van der Waals surface area contributed by atoms with E-state index in [-0.39, 0.29) is 12.3 Å². The van der Waals surface area contributed by atoms with Crippen LogP contribution in [-0.4, -0.2) is 39.9 Å². The molecule has 1 fully saturated rings. The predicted octanol–water partition coefficient (Wildman–Crippen LogP) is 2.76. The summed E-state index contributed by atoms with van der Waals surface area (Å²) in [7, 11) is 1.57. The van der Waals surface area contributed by atoms with Crippen LogP contribution in [-0.2, 0) is 9.59 Å². The summed E-state index contributed by atoms with van der Waals surface area (Å²) in [4.78, 5) is 24.9. The van der Waals surface area contributed by atoms with Crippen molar-refractivity contribution in [2.75, 3.05) is 13.7 Å². The Morgan fingerprint density at radius 2 is 2.18 bits per heavy atom. The molecule has 0 saturated carbocycles. The average Bonchev–Trinajstić information content (AvgIpc) is 2.75. The molecule has 1 aromatic carbocycles. The van der Waals surface area contributed by atoms with Gasteiger partial charge in [0.05, 0.1) is 12.0 Å². The maximum absolute atomic E-state index is 12.4. The fraction of sp³-hybridized carbons (Fsp3) is 0.267. The van der Waals surface area contributed by atoms with Gasteiger partial charge in [-0.05, 0) is 18.6 Å². The highest BCUT2D eigenvalue weighted by Crippen LogP contribution is 2.34. The molecule has 1 N–H and O–H groups in total. The SMILES string of the molecule is COc1ccccc1/C=C1\SC(=S)N(CCCC(=O)O)C1=O. The lowest BCUT2D eigenvalue weighted by atomic mass is 10.2. The number of methoxy groups -OCH3 is 1. The zero-order valence-electron chi connectivity index (χ0n) is 11.9. The fourth-order valence-electron chi connectivity index (χ4n) is 2.01. The first-order valence-electron chi connectivity index (χ1n) is 6.63. The number of hydrogen-bond donors (Lipinski definition) is 1. The molecule has 0 aliphatic carbocycles. The van der Waals surface area contributed by atoms with Crippen molar-refractivity contribution in [3.63, 3.8) is 0 Å². The first-order chi connectivity index (χ1) is 10.5. The van der Waals surface area contributed by atoms with E-state index in [1.807, 2.05) is 24.3 Å². The van der Waals surface area contributed by atoms with Gasteiger partial charge in [0.1, 0.15) is 10.1 Å². The lowest BCUT2D eigenvalue weighted by Gasteiger charge is -2.13. The third-order valence-electron chi connectivity index (χ3n) is 3.07. The average molecular weight is 337 g/mol. The van der Waals surface area contributed by atoms with E-state index in [0.29, 0.717) is 27.9 Å². The number of thioether (sulfide) groups is 1. The van der Waals surface area contributed by atoms with E-state index in [2.05, 4.69) is 0 Å². The number of aliphatic carboxylic acids is 1. The van der Waals surface area contributed by atoms with Crippen molar-refractivity contribution >= 4 is 46.3 Å². The molecule has 0 bridgehead atoms. The number of carbonyl (C=O) groups is 2. The number of carboxylic acids is 1. The van der Waals surface area contributed by atoms with Crippen molar-refractivity contribution in [1.29, 1.82) is 0 Å². The molecule has 1 aromatic rings. The van der Waals surface area contributed by atoms with Crippen LogP contribution in [0, 0.1) is 0 Å². The molecule has 1 saturated heterocycles. The van der Waals surface area contributed by atoms with E-state index in [0.717, 1.165) is 5.56 Å². The standard InChI is InChI=1S/C15H15NO4S2/c1-20-11-6-3-2-5-10(11)9-12-14(19)16(15(21)22-12)8-4-7-13(17)18/h2-3,5-6,9H,4,7-8H2,1H3,(H,17,18)/b12-9-. The lowest BCUT2D eigenvalue weighted by Crippen LogP contribution is -2.29. The largest absolute Gasteiger partial charge is 0.496 e. The van der Waals surface area contributed by atoms with Crippen molar-refractivity contribution in [1.82, 2.24) is 4.90 Å². The molecule has 2 rings (SSSR count). The molecule has 0 aromatic heterocycles. The molecule has 5 nitrogen and oxygen atoms in total. The summed E-state index contributed by atoms with van der Waals surface area (Å²) in [5, 5.41) is 8.66. The number of thiocarbonyl (C=S) groups is 1. The van der Waals surface area contributed by atoms with Gasteiger partial charge in [0.2, 0.25) is 0 Å². The highest BCUT2D eigenvalue weighted by molar-refractivity contribution is 8.26. The molecule has 116 valence electrons. The van der Waals surface area contributed by atoms with Crippen LogP contribution < -0.4 is 4.74 Å². The van der Waals surface area contributed by atoms with E-state index < -0.39 is 5.97 Å². The minimum absolute atomic E-state index is 0.0165. The van der Waals surface area contributed by atoms with E-state index in [4.69, 9.17) is 22.1 Å². The first-order valence-corrected chi connectivity index (χ1v) is 7.85. The highest BCUT2D eigenvalue weighted by atomic mass is 32.2. The third-order valence-corrected chi connectivity index (χ3v) is 4.45. The molecule has 1 aliphatic heterocycles. The van der Waals surface area contributed by atoms with Crippen molar-refractivity contribution in [3.8, 4) is 5.75 Å². The van der Waals surface area contributed by atoms with Crippen molar-refractivity contribution in [2.24, 2.45) is 0 Å². The van der Waals surface area contributed by atoms with Gasteiger partial charge < -0.3 is 9.84 Å². The Morgan fingerprint density at radius 1 is 1.45 bits per heavy atom. The predicted molar refractivity (Wildman–Crippen MR) is 89.7 cm³/mol. The number of amides is 1. The van der Waals surface area contributed by atoms with E-state index in [1.54, 1.807) is 13.2 Å². The van der Waals surface area contributed by atoms with Gasteiger partial charge in [-0.3, -0.25) is 14.5 Å². The van der Waals surface area contributed by atoms with Crippen LogP contribution in [0.5, 0.6) is 5.75 Å². The van der Waals surface area contributed by atoms with Crippen molar-refractivity contribution in [2.45, 2.75) is 12.8 Å². The van der Waals surface area contributed by atoms with Gasteiger partial charge in [-0.25, -0.2) is 0 Å². The molecular formula is C15H15NO4S2. The summed E-state index contributed by atoms with van der Waals surface area (Å²) in [6, 6.07) is 7.39. The molecule has 0 spiro atoms. The monoisotopic (exact) mass is 337 g/mol. The van der Waals surface area contributed by atoms with Crippen LogP contribution in [0.2, 0.25) is 0 Å². The summed E-state index contributed by atoms with van der Waals surface area (Å²) in [5.74, 6) is -0.389. The van der Waals surface area contributed by atoms with Gasteiger partial charge in [-0.2, -0.15) is 0 Å². The molecule has 0 radical (unpaired) electrons. The Hall–Kier alpha value is -1.86. The zero-order chi connectivity index (χ0) is 16.1. The summed E-state index contributed by atoms with van der Waals surface area (Å²) in [6.07, 6.45) is 2.14. The summed E-state index contributed by atoms with van der Waals surface area (Å²) < 4.78 is 5.71. The molecule has 7 heteroatoms. The quantitative estimate of drug-likeness (QED) is 0.636. The second-order valence-electron chi connectivity index (χ2n) is 4.57. The number of para-hydroxylation sites is 1. The van der Waals surface area contributed by atoms with E-state index >= 15 is 0 Å². The van der Waals surface area contributed by atoms with Gasteiger partial charge in [-0.1, -0.05) is 42.2 Å². The van der Waals surface area contributed by atoms with Gasteiger partial charge >= 0.3 is 5.97 Å². The lowest BCUT2D eigenvalue weighted by molar-refractivity contribution is -0.137. The zero-order valence-corrected chi connectivity index (χ0v) is 13.6. The van der Waals surface area contributed by atoms with Gasteiger partial charge in [-0.15, -0.1) is 0 Å². The maximum Gasteiger partial charge on any atom is 0.303 e. The topological polar surface area (TPSA) is 66.8 Å². The molecular weight excluding hydrogens is 322 g/mol. The normalized spacial score (nSPS) is 16.4. The molecule has 0 unspecified atom stereocenters. The maximum atomic E-state index is 12.4. The van der Waals surface area contributed by atoms with Crippen molar-refractivity contribution in [3.05, 3.63) is 34.7 Å². The summed E-state index contributed by atoms with van der Waals surface area (Å²) in [6.45, 7) is 0.320. The van der Waals surface area contributed by atoms with Gasteiger partial charge in [0.25, 0.3) is 5.91 Å². The minimum Gasteiger partial charge on any atom is -0.496 e. The second kappa shape index (κ2) is 7.42. The van der Waals surface area contributed by atoms with Crippen LogP contribution >= 0.6 is 24.0 Å². The number of ether oxygens (including phenoxy) is 1. The first kappa shape index (κ1) is 16.5. The summed E-state index contributed by atoms with van der Waals surface area (Å²) >= 11 is 6.42. The Bertz CT molecular complexity index is 642. The summed E-state index contributed by atoms with van der Waals surface area (Å²) in [5.41, 5.74) is 0.802. The van der Waals surface area contributed by atoms with Gasteiger partial charge in [0.15, 0.2) is 0 Å². The number of benzene rings is 1. The Morgan fingerprint density at radius 3 is 2.86 bits per heavy atom.